The number of aryl methyl sites for hydroxylation is 1. The summed E-state index contributed by atoms with van der Waals surface area (Å²) >= 11 is 0. The Kier molecular flexibility index (Phi) is 9.26. The van der Waals surface area contributed by atoms with Crippen LogP contribution in [-0.2, 0) is 4.74 Å². The number of likely N-dealkylation sites (N-methyl/N-ethyl adjacent to an activating group) is 1. The average molecular weight is 389 g/mol. The molecule has 5 heteroatoms. The van der Waals surface area contributed by atoms with E-state index < -0.39 is 0 Å². The molecule has 1 aromatic carbocycles. The molecule has 1 fully saturated rings. The molecule has 1 aliphatic heterocycles. The van der Waals surface area contributed by atoms with Gasteiger partial charge in [0.2, 0.25) is 0 Å². The van der Waals surface area contributed by atoms with Crippen LogP contribution in [0.15, 0.2) is 29.3 Å². The number of rotatable bonds is 8. The lowest BCUT2D eigenvalue weighted by molar-refractivity contribution is -0.0265. The fourth-order valence-corrected chi connectivity index (χ4v) is 3.86. The number of hydrogen-bond donors (Lipinski definition) is 2. The van der Waals surface area contributed by atoms with Gasteiger partial charge in [0.15, 0.2) is 5.96 Å². The van der Waals surface area contributed by atoms with Gasteiger partial charge in [0.05, 0.1) is 6.10 Å². The zero-order valence-electron chi connectivity index (χ0n) is 18.7. The first-order valence-electron chi connectivity index (χ1n) is 10.7. The Morgan fingerprint density at radius 2 is 1.93 bits per heavy atom. The van der Waals surface area contributed by atoms with E-state index in [1.807, 2.05) is 7.05 Å². The normalized spacial score (nSPS) is 21.8. The first-order chi connectivity index (χ1) is 13.4. The molecule has 0 spiro atoms. The van der Waals surface area contributed by atoms with Gasteiger partial charge in [-0.05, 0) is 51.8 Å². The van der Waals surface area contributed by atoms with Gasteiger partial charge in [0.25, 0.3) is 0 Å². The second-order valence-corrected chi connectivity index (χ2v) is 8.69. The summed E-state index contributed by atoms with van der Waals surface area (Å²) in [6, 6.07) is 9.26. The van der Waals surface area contributed by atoms with Crippen LogP contribution in [0.25, 0.3) is 0 Å². The Balaban J connectivity index is 1.90. The molecule has 0 amide bonds. The summed E-state index contributed by atoms with van der Waals surface area (Å²) < 4.78 is 6.15. The maximum Gasteiger partial charge on any atom is 0.191 e. The fraction of sp³-hybridized carbons (Fsp3) is 0.696. The van der Waals surface area contributed by atoms with Crippen molar-refractivity contribution in [2.45, 2.75) is 52.2 Å². The van der Waals surface area contributed by atoms with Crippen LogP contribution < -0.4 is 10.6 Å². The summed E-state index contributed by atoms with van der Waals surface area (Å²) in [6.07, 6.45) is 3.63. The lowest BCUT2D eigenvalue weighted by Gasteiger charge is -2.33. The van der Waals surface area contributed by atoms with Crippen LogP contribution in [0, 0.1) is 18.8 Å². The SMILES string of the molecule is CN=C(NCC1CCCOC1c1ccc(C)cc1)NCC(CC(C)C)N(C)C. The average Bonchev–Trinajstić information content (AvgIpc) is 2.67. The number of guanidine groups is 1. The third-order valence-corrected chi connectivity index (χ3v) is 5.58. The molecule has 0 radical (unpaired) electrons. The fourth-order valence-electron chi connectivity index (χ4n) is 3.86. The Bertz CT molecular complexity index is 597. The largest absolute Gasteiger partial charge is 0.373 e. The van der Waals surface area contributed by atoms with E-state index in [0.29, 0.717) is 17.9 Å². The van der Waals surface area contributed by atoms with Crippen molar-refractivity contribution in [3.63, 3.8) is 0 Å². The van der Waals surface area contributed by atoms with E-state index in [-0.39, 0.29) is 6.10 Å². The standard InChI is InChI=1S/C23H40N4O/c1-17(2)14-21(27(5)6)16-26-23(24-4)25-15-20-8-7-13-28-22(20)19-11-9-18(3)10-12-19/h9-12,17,20-22H,7-8,13-16H2,1-6H3,(H2,24,25,26). The van der Waals surface area contributed by atoms with Gasteiger partial charge in [-0.1, -0.05) is 43.7 Å². The smallest absolute Gasteiger partial charge is 0.191 e. The van der Waals surface area contributed by atoms with Gasteiger partial charge < -0.3 is 20.3 Å². The van der Waals surface area contributed by atoms with E-state index in [2.05, 4.69) is 79.7 Å². The van der Waals surface area contributed by atoms with Gasteiger partial charge in [0, 0.05) is 38.7 Å². The Morgan fingerprint density at radius 1 is 1.21 bits per heavy atom. The van der Waals surface area contributed by atoms with E-state index in [1.165, 1.54) is 24.0 Å². The number of aliphatic imine (C=N–C) groups is 1. The van der Waals surface area contributed by atoms with Crippen LogP contribution in [0.5, 0.6) is 0 Å². The van der Waals surface area contributed by atoms with E-state index in [4.69, 9.17) is 4.74 Å². The molecule has 2 rings (SSSR count). The quantitative estimate of drug-likeness (QED) is 0.528. The van der Waals surface area contributed by atoms with Crippen LogP contribution >= 0.6 is 0 Å². The van der Waals surface area contributed by atoms with Crippen molar-refractivity contribution in [1.82, 2.24) is 15.5 Å². The third-order valence-electron chi connectivity index (χ3n) is 5.58. The van der Waals surface area contributed by atoms with Gasteiger partial charge >= 0.3 is 0 Å². The highest BCUT2D eigenvalue weighted by atomic mass is 16.5. The van der Waals surface area contributed by atoms with Crippen LogP contribution in [0.2, 0.25) is 0 Å². The summed E-state index contributed by atoms with van der Waals surface area (Å²) in [6.45, 7) is 9.29. The minimum atomic E-state index is 0.162. The number of nitrogens with zero attached hydrogens (tertiary/aromatic N) is 2. The molecule has 0 aliphatic carbocycles. The van der Waals surface area contributed by atoms with Crippen molar-refractivity contribution in [2.75, 3.05) is 40.8 Å². The van der Waals surface area contributed by atoms with Crippen molar-refractivity contribution in [1.29, 1.82) is 0 Å². The van der Waals surface area contributed by atoms with Crippen LogP contribution in [0.1, 0.15) is 50.3 Å². The highest BCUT2D eigenvalue weighted by Gasteiger charge is 2.27. The summed E-state index contributed by atoms with van der Waals surface area (Å²) in [7, 11) is 6.14. The predicted molar refractivity (Wildman–Crippen MR) is 119 cm³/mol. The Morgan fingerprint density at radius 3 is 2.54 bits per heavy atom. The van der Waals surface area contributed by atoms with Crippen molar-refractivity contribution >= 4 is 5.96 Å². The number of hydrogen-bond acceptors (Lipinski definition) is 3. The summed E-state index contributed by atoms with van der Waals surface area (Å²) in [5.41, 5.74) is 2.57. The molecule has 3 atom stereocenters. The van der Waals surface area contributed by atoms with Gasteiger partial charge in [0.1, 0.15) is 0 Å². The zero-order valence-corrected chi connectivity index (χ0v) is 18.7. The summed E-state index contributed by atoms with van der Waals surface area (Å²) in [4.78, 5) is 6.72. The van der Waals surface area contributed by atoms with Crippen molar-refractivity contribution in [2.24, 2.45) is 16.8 Å². The molecule has 158 valence electrons. The van der Waals surface area contributed by atoms with Crippen LogP contribution in [0.3, 0.4) is 0 Å². The van der Waals surface area contributed by atoms with E-state index in [9.17, 15) is 0 Å². The third kappa shape index (κ3) is 7.10. The van der Waals surface area contributed by atoms with Gasteiger partial charge in [-0.25, -0.2) is 0 Å². The lowest BCUT2D eigenvalue weighted by Crippen LogP contribution is -2.47. The van der Waals surface area contributed by atoms with E-state index in [1.54, 1.807) is 0 Å². The minimum absolute atomic E-state index is 0.162. The van der Waals surface area contributed by atoms with Crippen molar-refractivity contribution < 1.29 is 4.74 Å². The molecule has 2 N–H and O–H groups in total. The molecule has 1 aliphatic rings. The van der Waals surface area contributed by atoms with E-state index in [0.717, 1.165) is 32.1 Å². The topological polar surface area (TPSA) is 48.9 Å². The first-order valence-corrected chi connectivity index (χ1v) is 10.7. The molecule has 1 aromatic rings. The zero-order chi connectivity index (χ0) is 20.5. The molecule has 0 saturated carbocycles. The van der Waals surface area contributed by atoms with E-state index >= 15 is 0 Å². The monoisotopic (exact) mass is 388 g/mol. The van der Waals surface area contributed by atoms with Crippen LogP contribution in [-0.4, -0.2) is 57.7 Å². The summed E-state index contributed by atoms with van der Waals surface area (Å²) in [5, 5.41) is 7.05. The van der Waals surface area contributed by atoms with Gasteiger partial charge in [-0.2, -0.15) is 0 Å². The molecular formula is C23H40N4O. The number of ether oxygens (including phenoxy) is 1. The molecule has 0 aromatic heterocycles. The highest BCUT2D eigenvalue weighted by molar-refractivity contribution is 5.79. The molecule has 5 nitrogen and oxygen atoms in total. The van der Waals surface area contributed by atoms with Crippen molar-refractivity contribution in [3.05, 3.63) is 35.4 Å². The Labute approximate surface area is 171 Å². The minimum Gasteiger partial charge on any atom is -0.373 e. The second-order valence-electron chi connectivity index (χ2n) is 8.69. The lowest BCUT2D eigenvalue weighted by atomic mass is 9.89. The molecule has 0 bridgehead atoms. The number of nitrogens with one attached hydrogen (secondary N) is 2. The van der Waals surface area contributed by atoms with Crippen LogP contribution in [0.4, 0.5) is 0 Å². The number of benzene rings is 1. The molecule has 3 unspecified atom stereocenters. The first kappa shape index (κ1) is 22.7. The van der Waals surface area contributed by atoms with Gasteiger partial charge in [-0.3, -0.25) is 4.99 Å². The van der Waals surface area contributed by atoms with Gasteiger partial charge in [-0.15, -0.1) is 0 Å². The molecular weight excluding hydrogens is 348 g/mol. The highest BCUT2D eigenvalue weighted by Crippen LogP contribution is 2.33. The molecule has 1 saturated heterocycles. The Hall–Kier alpha value is -1.59. The summed E-state index contributed by atoms with van der Waals surface area (Å²) in [5.74, 6) is 2.01. The maximum absolute atomic E-state index is 6.15. The molecule has 28 heavy (non-hydrogen) atoms. The molecule has 1 heterocycles. The predicted octanol–water partition coefficient (Wildman–Crippen LogP) is 3.60. The maximum atomic E-state index is 6.15. The second kappa shape index (κ2) is 11.4. The van der Waals surface area contributed by atoms with Crippen molar-refractivity contribution in [3.8, 4) is 0 Å².